The van der Waals surface area contributed by atoms with Gasteiger partial charge in [0.25, 0.3) is 0 Å². The summed E-state index contributed by atoms with van der Waals surface area (Å²) in [6.07, 6.45) is 3.65. The van der Waals surface area contributed by atoms with E-state index >= 15 is 0 Å². The van der Waals surface area contributed by atoms with Gasteiger partial charge in [-0.3, -0.25) is 0 Å². The molecule has 2 aliphatic rings. The molecule has 0 radical (unpaired) electrons. The Morgan fingerprint density at radius 3 is 2.67 bits per heavy atom. The monoisotopic (exact) mass is 321 g/mol. The van der Waals surface area contributed by atoms with E-state index in [2.05, 4.69) is 70.7 Å². The smallest absolute Gasteiger partial charge is 0.0432 e. The van der Waals surface area contributed by atoms with E-state index in [9.17, 15) is 0 Å². The molecule has 1 N–H and O–H groups in total. The van der Waals surface area contributed by atoms with Gasteiger partial charge >= 0.3 is 0 Å². The second-order valence-corrected chi connectivity index (χ2v) is 7.17. The van der Waals surface area contributed by atoms with Crippen LogP contribution in [0.5, 0.6) is 0 Å². The fourth-order valence-electron chi connectivity index (χ4n) is 3.99. The van der Waals surface area contributed by atoms with Gasteiger partial charge in [0.05, 0.1) is 0 Å². The number of hydrogen-bond acceptors (Lipinski definition) is 3. The summed E-state index contributed by atoms with van der Waals surface area (Å²) in [6, 6.07) is 18.5. The van der Waals surface area contributed by atoms with E-state index in [0.717, 1.165) is 19.5 Å². The summed E-state index contributed by atoms with van der Waals surface area (Å²) in [5, 5.41) is 3.48. The van der Waals surface area contributed by atoms with Gasteiger partial charge in [0.15, 0.2) is 0 Å². The zero-order valence-corrected chi connectivity index (χ0v) is 14.5. The third-order valence-electron chi connectivity index (χ3n) is 5.45. The molecule has 0 amide bonds. The number of anilines is 2. The molecule has 1 fully saturated rings. The zero-order valence-electron chi connectivity index (χ0n) is 14.5. The van der Waals surface area contributed by atoms with Gasteiger partial charge in [-0.25, -0.2) is 0 Å². The van der Waals surface area contributed by atoms with Crippen molar-refractivity contribution in [2.45, 2.75) is 31.8 Å². The van der Waals surface area contributed by atoms with Gasteiger partial charge < -0.3 is 15.1 Å². The Bertz CT molecular complexity index is 675. The minimum absolute atomic E-state index is 0.633. The molecule has 2 aliphatic heterocycles. The van der Waals surface area contributed by atoms with E-state index in [4.69, 9.17) is 0 Å². The average molecular weight is 321 g/mol. The second kappa shape index (κ2) is 6.86. The van der Waals surface area contributed by atoms with E-state index in [1.807, 2.05) is 0 Å². The lowest BCUT2D eigenvalue weighted by Crippen LogP contribution is -2.43. The average Bonchev–Trinajstić information content (AvgIpc) is 3.09. The highest BCUT2D eigenvalue weighted by Crippen LogP contribution is 2.31. The van der Waals surface area contributed by atoms with Crippen molar-refractivity contribution >= 4 is 11.4 Å². The van der Waals surface area contributed by atoms with Crippen LogP contribution >= 0.6 is 0 Å². The first kappa shape index (κ1) is 15.5. The van der Waals surface area contributed by atoms with Crippen LogP contribution in [0.4, 0.5) is 11.4 Å². The lowest BCUT2D eigenvalue weighted by Gasteiger charge is -2.39. The third kappa shape index (κ3) is 3.27. The van der Waals surface area contributed by atoms with Gasteiger partial charge in [0.1, 0.15) is 0 Å². The lowest BCUT2D eigenvalue weighted by atomic mass is 10.0. The van der Waals surface area contributed by atoms with Crippen LogP contribution < -0.4 is 10.2 Å². The highest BCUT2D eigenvalue weighted by Gasteiger charge is 2.24. The van der Waals surface area contributed by atoms with E-state index in [-0.39, 0.29) is 0 Å². The molecular weight excluding hydrogens is 294 g/mol. The largest absolute Gasteiger partial charge is 0.384 e. The third-order valence-corrected chi connectivity index (χ3v) is 5.45. The number of nitrogens with zero attached hydrogens (tertiary/aromatic N) is 2. The van der Waals surface area contributed by atoms with Crippen LogP contribution in [0.25, 0.3) is 0 Å². The number of benzene rings is 2. The number of nitrogens with one attached hydrogen (secondary N) is 1. The van der Waals surface area contributed by atoms with Crippen LogP contribution in [0, 0.1) is 0 Å². The molecule has 2 aromatic rings. The summed E-state index contributed by atoms with van der Waals surface area (Å²) >= 11 is 0. The highest BCUT2D eigenvalue weighted by atomic mass is 15.2. The Hall–Kier alpha value is -2.00. The van der Waals surface area contributed by atoms with Crippen molar-refractivity contribution in [3.8, 4) is 0 Å². The molecule has 126 valence electrons. The first-order chi connectivity index (χ1) is 11.8. The molecule has 4 rings (SSSR count). The molecule has 24 heavy (non-hydrogen) atoms. The van der Waals surface area contributed by atoms with Crippen molar-refractivity contribution in [2.24, 2.45) is 0 Å². The van der Waals surface area contributed by atoms with Crippen LogP contribution in [-0.2, 0) is 13.0 Å². The van der Waals surface area contributed by atoms with Crippen molar-refractivity contribution in [3.63, 3.8) is 0 Å². The molecule has 3 nitrogen and oxygen atoms in total. The predicted octanol–water partition coefficient (Wildman–Crippen LogP) is 3.76. The fraction of sp³-hybridized carbons (Fsp3) is 0.429. The van der Waals surface area contributed by atoms with Crippen molar-refractivity contribution in [1.29, 1.82) is 0 Å². The molecule has 0 aromatic heterocycles. The van der Waals surface area contributed by atoms with Crippen molar-refractivity contribution in [3.05, 3.63) is 59.7 Å². The standard InChI is InChI=1S/C21H27N3/c1-23-13-10-19(11-14-23)24(16-17-5-3-2-4-6-17)20-7-8-21-18(15-20)9-12-22-21/h2-8,15,19,22H,9-14,16H2,1H3. The van der Waals surface area contributed by atoms with E-state index in [0.29, 0.717) is 6.04 Å². The number of rotatable bonds is 4. The Morgan fingerprint density at radius 2 is 1.88 bits per heavy atom. The minimum atomic E-state index is 0.633. The molecule has 3 heteroatoms. The van der Waals surface area contributed by atoms with Crippen LogP contribution in [0.3, 0.4) is 0 Å². The van der Waals surface area contributed by atoms with E-state index < -0.39 is 0 Å². The van der Waals surface area contributed by atoms with E-state index in [1.165, 1.54) is 48.4 Å². The van der Waals surface area contributed by atoms with Crippen LogP contribution in [0.2, 0.25) is 0 Å². The zero-order chi connectivity index (χ0) is 16.4. The Balaban J connectivity index is 1.62. The van der Waals surface area contributed by atoms with Gasteiger partial charge in [0, 0.05) is 30.5 Å². The van der Waals surface area contributed by atoms with Crippen molar-refractivity contribution in [1.82, 2.24) is 4.90 Å². The molecule has 0 bridgehead atoms. The maximum Gasteiger partial charge on any atom is 0.0432 e. The Kier molecular flexibility index (Phi) is 4.44. The summed E-state index contributed by atoms with van der Waals surface area (Å²) < 4.78 is 0. The first-order valence-electron chi connectivity index (χ1n) is 9.15. The predicted molar refractivity (Wildman–Crippen MR) is 102 cm³/mol. The number of fused-ring (bicyclic) bond motifs is 1. The van der Waals surface area contributed by atoms with Gasteiger partial charge in [-0.05, 0) is 68.7 Å². The summed E-state index contributed by atoms with van der Waals surface area (Å²) in [4.78, 5) is 5.09. The normalized spacial score (nSPS) is 18.2. The van der Waals surface area contributed by atoms with Gasteiger partial charge in [0.2, 0.25) is 0 Å². The highest BCUT2D eigenvalue weighted by molar-refractivity contribution is 5.63. The molecular formula is C21H27N3. The summed E-state index contributed by atoms with van der Waals surface area (Å²) in [5.41, 5.74) is 5.58. The fourth-order valence-corrected chi connectivity index (χ4v) is 3.99. The van der Waals surface area contributed by atoms with Crippen LogP contribution in [0.1, 0.15) is 24.0 Å². The minimum Gasteiger partial charge on any atom is -0.384 e. The Labute approximate surface area is 145 Å². The van der Waals surface area contributed by atoms with Gasteiger partial charge in [-0.2, -0.15) is 0 Å². The molecule has 2 aromatic carbocycles. The van der Waals surface area contributed by atoms with Crippen LogP contribution in [-0.4, -0.2) is 37.6 Å². The maximum absolute atomic E-state index is 3.48. The Morgan fingerprint density at radius 1 is 1.08 bits per heavy atom. The van der Waals surface area contributed by atoms with Crippen molar-refractivity contribution < 1.29 is 0 Å². The quantitative estimate of drug-likeness (QED) is 0.925. The molecule has 1 saturated heterocycles. The van der Waals surface area contributed by atoms with E-state index in [1.54, 1.807) is 0 Å². The lowest BCUT2D eigenvalue weighted by molar-refractivity contribution is 0.249. The molecule has 0 spiro atoms. The topological polar surface area (TPSA) is 18.5 Å². The molecule has 2 heterocycles. The second-order valence-electron chi connectivity index (χ2n) is 7.17. The molecule has 0 aliphatic carbocycles. The summed E-state index contributed by atoms with van der Waals surface area (Å²) in [7, 11) is 2.23. The molecule has 0 atom stereocenters. The number of hydrogen-bond donors (Lipinski definition) is 1. The number of likely N-dealkylation sites (tertiary alicyclic amines) is 1. The van der Waals surface area contributed by atoms with Gasteiger partial charge in [-0.15, -0.1) is 0 Å². The van der Waals surface area contributed by atoms with Crippen molar-refractivity contribution in [2.75, 3.05) is 36.9 Å². The number of piperidine rings is 1. The SMILES string of the molecule is CN1CCC(N(Cc2ccccc2)c2ccc3c(c2)CCN3)CC1. The first-order valence-corrected chi connectivity index (χ1v) is 9.15. The maximum atomic E-state index is 3.48. The summed E-state index contributed by atoms with van der Waals surface area (Å²) in [5.74, 6) is 0. The molecule has 0 unspecified atom stereocenters. The molecule has 0 saturated carbocycles. The summed E-state index contributed by atoms with van der Waals surface area (Å²) in [6.45, 7) is 4.47. The van der Waals surface area contributed by atoms with Gasteiger partial charge in [-0.1, -0.05) is 30.3 Å². The van der Waals surface area contributed by atoms with Crippen LogP contribution in [0.15, 0.2) is 48.5 Å².